The van der Waals surface area contributed by atoms with Gasteiger partial charge in [0.1, 0.15) is 11.8 Å². The topological polar surface area (TPSA) is 76.5 Å². The van der Waals surface area contributed by atoms with Crippen molar-refractivity contribution >= 4 is 10.1 Å². The van der Waals surface area contributed by atoms with Crippen molar-refractivity contribution < 1.29 is 30.9 Å². The first-order chi connectivity index (χ1) is 8.09. The smallest absolute Gasteiger partial charge is 0.386 e. The van der Waals surface area contributed by atoms with E-state index >= 15 is 0 Å². The van der Waals surface area contributed by atoms with Gasteiger partial charge in [0.15, 0.2) is 0 Å². The van der Waals surface area contributed by atoms with Crippen LogP contribution in [0.25, 0.3) is 0 Å². The van der Waals surface area contributed by atoms with E-state index in [1.807, 2.05) is 0 Å². The third-order valence-corrected chi connectivity index (χ3v) is 2.47. The van der Waals surface area contributed by atoms with Crippen molar-refractivity contribution in [2.24, 2.45) is 0 Å². The number of aliphatic hydroxyl groups excluding tert-OH is 1. The highest BCUT2D eigenvalue weighted by Crippen LogP contribution is 2.27. The van der Waals surface area contributed by atoms with Gasteiger partial charge in [-0.1, -0.05) is 6.07 Å². The molecule has 0 aliphatic heterocycles. The van der Waals surface area contributed by atoms with Gasteiger partial charge in [-0.3, -0.25) is 9.17 Å². The normalized spacial score (nSPS) is 14.5. The van der Waals surface area contributed by atoms with Crippen LogP contribution in [0.15, 0.2) is 18.3 Å². The Hall–Kier alpha value is -1.19. The summed E-state index contributed by atoms with van der Waals surface area (Å²) in [6.07, 6.45) is -4.31. The highest BCUT2D eigenvalue weighted by atomic mass is 32.2. The van der Waals surface area contributed by atoms with E-state index in [4.69, 9.17) is 0 Å². The van der Waals surface area contributed by atoms with E-state index < -0.39 is 34.7 Å². The van der Waals surface area contributed by atoms with Gasteiger partial charge in [0, 0.05) is 11.8 Å². The fraction of sp³-hybridized carbons (Fsp3) is 0.444. The number of aliphatic hydroxyl groups is 1. The maximum absolute atomic E-state index is 12.2. The van der Waals surface area contributed by atoms with Crippen LogP contribution in [0.5, 0.6) is 0 Å². The molecule has 102 valence electrons. The fourth-order valence-electron chi connectivity index (χ4n) is 1.05. The third kappa shape index (κ3) is 4.59. The summed E-state index contributed by atoms with van der Waals surface area (Å²) >= 11 is 0. The summed E-state index contributed by atoms with van der Waals surface area (Å²) in [5, 5.41) is 9.47. The van der Waals surface area contributed by atoms with Gasteiger partial charge in [-0.25, -0.2) is 0 Å². The maximum atomic E-state index is 12.2. The van der Waals surface area contributed by atoms with Crippen molar-refractivity contribution in [3.05, 3.63) is 29.6 Å². The molecule has 9 heteroatoms. The summed E-state index contributed by atoms with van der Waals surface area (Å²) < 4.78 is 62.2. The molecule has 1 N–H and O–H groups in total. The lowest BCUT2D eigenvalue weighted by Crippen LogP contribution is -2.13. The molecule has 18 heavy (non-hydrogen) atoms. The average molecular weight is 285 g/mol. The Balaban J connectivity index is 2.74. The maximum Gasteiger partial charge on any atom is 0.433 e. The predicted octanol–water partition coefficient (Wildman–Crippen LogP) is 1.11. The summed E-state index contributed by atoms with van der Waals surface area (Å²) in [5.41, 5.74) is -1.06. The van der Waals surface area contributed by atoms with Gasteiger partial charge < -0.3 is 5.11 Å². The highest BCUT2D eigenvalue weighted by molar-refractivity contribution is 7.85. The van der Waals surface area contributed by atoms with Gasteiger partial charge in [-0.2, -0.15) is 21.6 Å². The molecule has 0 aliphatic carbocycles. The van der Waals surface area contributed by atoms with Crippen molar-refractivity contribution in [2.45, 2.75) is 12.3 Å². The lowest BCUT2D eigenvalue weighted by atomic mass is 10.1. The predicted molar refractivity (Wildman–Crippen MR) is 55.0 cm³/mol. The van der Waals surface area contributed by atoms with E-state index in [0.29, 0.717) is 6.07 Å². The van der Waals surface area contributed by atoms with E-state index in [2.05, 4.69) is 9.17 Å². The first-order valence-electron chi connectivity index (χ1n) is 4.65. The lowest BCUT2D eigenvalue weighted by molar-refractivity contribution is -0.141. The molecule has 5 nitrogen and oxygen atoms in total. The van der Waals surface area contributed by atoms with Gasteiger partial charge in [0.25, 0.3) is 10.1 Å². The first-order valence-corrected chi connectivity index (χ1v) is 6.47. The molecular formula is C9H10F3NO4S. The van der Waals surface area contributed by atoms with Crippen LogP contribution >= 0.6 is 0 Å². The Morgan fingerprint density at radius 3 is 2.44 bits per heavy atom. The molecule has 1 aromatic rings. The second-order valence-electron chi connectivity index (χ2n) is 3.48. The van der Waals surface area contributed by atoms with Crippen LogP contribution in [0.3, 0.4) is 0 Å². The SMILES string of the molecule is CS(=O)(=O)OCC(O)c1ccc(C(F)(F)F)nc1. The van der Waals surface area contributed by atoms with Crippen molar-refractivity contribution in [2.75, 3.05) is 12.9 Å². The minimum atomic E-state index is -4.56. The second kappa shape index (κ2) is 5.21. The van der Waals surface area contributed by atoms with Gasteiger partial charge in [-0.05, 0) is 6.07 Å². The van der Waals surface area contributed by atoms with Crippen LogP contribution in [0.2, 0.25) is 0 Å². The molecule has 1 heterocycles. The average Bonchev–Trinajstić information content (AvgIpc) is 2.24. The van der Waals surface area contributed by atoms with Crippen LogP contribution in [0.4, 0.5) is 13.2 Å². The largest absolute Gasteiger partial charge is 0.433 e. The van der Waals surface area contributed by atoms with Gasteiger partial charge in [-0.15, -0.1) is 0 Å². The van der Waals surface area contributed by atoms with E-state index in [0.717, 1.165) is 18.5 Å². The zero-order valence-electron chi connectivity index (χ0n) is 9.18. The molecule has 1 aromatic heterocycles. The van der Waals surface area contributed by atoms with E-state index in [-0.39, 0.29) is 5.56 Å². The number of hydrogen-bond donors (Lipinski definition) is 1. The molecule has 0 aliphatic rings. The minimum Gasteiger partial charge on any atom is -0.386 e. The van der Waals surface area contributed by atoms with Crippen LogP contribution in [0, 0.1) is 0 Å². The molecule has 0 aromatic carbocycles. The number of alkyl halides is 3. The number of nitrogens with zero attached hydrogens (tertiary/aromatic N) is 1. The third-order valence-electron chi connectivity index (χ3n) is 1.90. The van der Waals surface area contributed by atoms with Crippen LogP contribution in [-0.2, 0) is 20.5 Å². The molecule has 0 bridgehead atoms. The zero-order valence-corrected chi connectivity index (χ0v) is 9.99. The Labute approximate surface area is 101 Å². The molecule has 1 atom stereocenters. The summed E-state index contributed by atoms with van der Waals surface area (Å²) in [6, 6.07) is 1.70. The van der Waals surface area contributed by atoms with E-state index in [9.17, 15) is 26.7 Å². The van der Waals surface area contributed by atoms with Gasteiger partial charge in [0.2, 0.25) is 0 Å². The fourth-order valence-corrected chi connectivity index (χ4v) is 1.43. The Bertz CT molecular complexity index is 498. The first kappa shape index (κ1) is 14.9. The van der Waals surface area contributed by atoms with Crippen molar-refractivity contribution in [3.63, 3.8) is 0 Å². The number of aromatic nitrogens is 1. The van der Waals surface area contributed by atoms with E-state index in [1.54, 1.807) is 0 Å². The number of halogens is 3. The quantitative estimate of drug-likeness (QED) is 0.839. The van der Waals surface area contributed by atoms with Crippen molar-refractivity contribution in [1.29, 1.82) is 0 Å². The number of rotatable bonds is 4. The van der Waals surface area contributed by atoms with Gasteiger partial charge in [0.05, 0.1) is 12.9 Å². The van der Waals surface area contributed by atoms with Crippen LogP contribution in [-0.4, -0.2) is 31.4 Å². The summed E-state index contributed by atoms with van der Waals surface area (Å²) in [6.45, 7) is -0.578. The van der Waals surface area contributed by atoms with Crippen molar-refractivity contribution in [3.8, 4) is 0 Å². The molecule has 0 saturated heterocycles. The molecule has 1 unspecified atom stereocenters. The van der Waals surface area contributed by atoms with Gasteiger partial charge >= 0.3 is 6.18 Å². The Morgan fingerprint density at radius 1 is 1.44 bits per heavy atom. The Kier molecular flexibility index (Phi) is 4.30. The second-order valence-corrected chi connectivity index (χ2v) is 5.12. The monoisotopic (exact) mass is 285 g/mol. The number of hydrogen-bond acceptors (Lipinski definition) is 5. The molecule has 0 fully saturated rings. The van der Waals surface area contributed by atoms with Crippen LogP contribution < -0.4 is 0 Å². The molecule has 1 rings (SSSR count). The number of pyridine rings is 1. The standard InChI is InChI=1S/C9H10F3NO4S/c1-18(15,16)17-5-7(14)6-2-3-8(13-4-6)9(10,11)12/h2-4,7,14H,5H2,1H3. The molecule has 0 saturated carbocycles. The lowest BCUT2D eigenvalue weighted by Gasteiger charge is -2.11. The minimum absolute atomic E-state index is 0.0339. The van der Waals surface area contributed by atoms with E-state index in [1.165, 1.54) is 0 Å². The molecule has 0 radical (unpaired) electrons. The van der Waals surface area contributed by atoms with Crippen molar-refractivity contribution in [1.82, 2.24) is 4.98 Å². The molecular weight excluding hydrogens is 275 g/mol. The molecule has 0 spiro atoms. The van der Waals surface area contributed by atoms with Crippen LogP contribution in [0.1, 0.15) is 17.4 Å². The zero-order chi connectivity index (χ0) is 14.0. The summed E-state index contributed by atoms with van der Waals surface area (Å²) in [5.74, 6) is 0. The summed E-state index contributed by atoms with van der Waals surface area (Å²) in [7, 11) is -3.72. The molecule has 0 amide bonds. The highest BCUT2D eigenvalue weighted by Gasteiger charge is 2.32. The Morgan fingerprint density at radius 2 is 2.06 bits per heavy atom. The summed E-state index contributed by atoms with van der Waals surface area (Å²) in [4.78, 5) is 3.13.